The Balaban J connectivity index is 1.32. The first-order valence-corrected chi connectivity index (χ1v) is 16.0. The second-order valence-corrected chi connectivity index (χ2v) is 14.7. The van der Waals surface area contributed by atoms with Gasteiger partial charge in [0.05, 0.1) is 0 Å². The maximum Gasteiger partial charge on any atom is 0.332 e. The maximum atomic E-state index is 15.0. The molecule has 10 atom stereocenters. The molecule has 45 heavy (non-hydrogen) atoms. The summed E-state index contributed by atoms with van der Waals surface area (Å²) in [6, 6.07) is 8.45. The number of hydrogen-bond donors (Lipinski definition) is 0. The highest BCUT2D eigenvalue weighted by atomic mass is 19.2. The van der Waals surface area contributed by atoms with Gasteiger partial charge in [0.25, 0.3) is 0 Å². The largest absolute Gasteiger partial charge is 0.443 e. The second-order valence-electron chi connectivity index (χ2n) is 14.7. The molecule has 10 unspecified atom stereocenters. The van der Waals surface area contributed by atoms with Crippen LogP contribution in [0.1, 0.15) is 36.8 Å². The summed E-state index contributed by atoms with van der Waals surface area (Å²) in [6.45, 7) is 0.989. The van der Waals surface area contributed by atoms with E-state index in [2.05, 4.69) is 0 Å². The minimum atomic E-state index is -0.911. The molecule has 3 aliphatic heterocycles. The smallest absolute Gasteiger partial charge is 0.332 e. The molecule has 0 amide bonds. The molecule has 6 fully saturated rings. The highest BCUT2D eigenvalue weighted by molar-refractivity contribution is 5.91. The molecule has 7 aliphatic rings. The van der Waals surface area contributed by atoms with Gasteiger partial charge in [-0.2, -0.15) is 0 Å². The van der Waals surface area contributed by atoms with E-state index < -0.39 is 58.5 Å². The van der Waals surface area contributed by atoms with Gasteiger partial charge < -0.3 is 9.47 Å². The van der Waals surface area contributed by atoms with Crippen LogP contribution >= 0.6 is 0 Å². The SMILES string of the molecule is CN1CC2(c3ccc(F)c(F)c3)C3C1OC(=O)/C=C\C(=O)OC1C4C5CCC(C4(c4ccc(F)c(F)c4)CN1C)C51C3CCC21. The van der Waals surface area contributed by atoms with E-state index in [0.29, 0.717) is 24.2 Å². The van der Waals surface area contributed by atoms with E-state index in [-0.39, 0.29) is 40.9 Å². The van der Waals surface area contributed by atoms with Crippen molar-refractivity contribution in [3.05, 3.63) is 82.9 Å². The Kier molecular flexibility index (Phi) is 5.58. The van der Waals surface area contributed by atoms with Gasteiger partial charge in [-0.05, 0) is 104 Å². The summed E-state index contributed by atoms with van der Waals surface area (Å²) >= 11 is 0. The minimum absolute atomic E-state index is 0.0291. The van der Waals surface area contributed by atoms with Crippen LogP contribution in [0.5, 0.6) is 0 Å². The molecule has 6 nitrogen and oxygen atoms in total. The molecule has 4 aliphatic carbocycles. The number of likely N-dealkylation sites (tertiary alicyclic amines) is 2. The molecule has 2 saturated heterocycles. The van der Waals surface area contributed by atoms with Crippen molar-refractivity contribution in [1.82, 2.24) is 9.80 Å². The summed E-state index contributed by atoms with van der Waals surface area (Å²) < 4.78 is 71.1. The van der Waals surface area contributed by atoms with Gasteiger partial charge in [0.2, 0.25) is 0 Å². The van der Waals surface area contributed by atoms with Crippen LogP contribution in [-0.2, 0) is 29.9 Å². The number of esters is 2. The molecule has 3 heterocycles. The van der Waals surface area contributed by atoms with Gasteiger partial charge in [-0.3, -0.25) is 9.80 Å². The molecule has 9 rings (SSSR count). The lowest BCUT2D eigenvalue weighted by Gasteiger charge is -2.45. The van der Waals surface area contributed by atoms with Crippen molar-refractivity contribution in [3.63, 3.8) is 0 Å². The fraction of sp³-hybridized carbons (Fsp3) is 0.543. The van der Waals surface area contributed by atoms with Crippen LogP contribution in [0.3, 0.4) is 0 Å². The average Bonchev–Trinajstić information content (AvgIpc) is 3.81. The first-order chi connectivity index (χ1) is 21.5. The summed E-state index contributed by atoms with van der Waals surface area (Å²) in [4.78, 5) is 30.4. The van der Waals surface area contributed by atoms with Crippen molar-refractivity contribution in [2.75, 3.05) is 27.2 Å². The molecule has 2 aromatic rings. The van der Waals surface area contributed by atoms with Gasteiger partial charge in [0.1, 0.15) is 0 Å². The third-order valence-corrected chi connectivity index (χ3v) is 13.6. The van der Waals surface area contributed by atoms with Crippen LogP contribution in [0.4, 0.5) is 17.6 Å². The third kappa shape index (κ3) is 3.13. The fourth-order valence-electron chi connectivity index (χ4n) is 13.0. The minimum Gasteiger partial charge on any atom is -0.443 e. The van der Waals surface area contributed by atoms with Crippen LogP contribution in [0.15, 0.2) is 48.6 Å². The van der Waals surface area contributed by atoms with E-state index in [1.54, 1.807) is 12.1 Å². The van der Waals surface area contributed by atoms with E-state index in [0.717, 1.165) is 37.8 Å². The van der Waals surface area contributed by atoms with Crippen molar-refractivity contribution in [1.29, 1.82) is 0 Å². The zero-order valence-corrected chi connectivity index (χ0v) is 25.0. The van der Waals surface area contributed by atoms with Crippen molar-refractivity contribution >= 4 is 11.9 Å². The molecule has 0 aromatic heterocycles. The van der Waals surface area contributed by atoms with Gasteiger partial charge in [-0.25, -0.2) is 27.2 Å². The van der Waals surface area contributed by atoms with Crippen molar-refractivity contribution in [2.45, 2.75) is 49.0 Å². The van der Waals surface area contributed by atoms with Gasteiger partial charge in [0.15, 0.2) is 35.7 Å². The molecule has 2 aromatic carbocycles. The average molecular weight is 623 g/mol. The summed E-state index contributed by atoms with van der Waals surface area (Å²) in [7, 11) is 3.79. The number of hydrogen-bond acceptors (Lipinski definition) is 6. The number of benzene rings is 2. The van der Waals surface area contributed by atoms with Crippen LogP contribution in [-0.4, -0.2) is 61.4 Å². The Morgan fingerprint density at radius 2 is 1.07 bits per heavy atom. The van der Waals surface area contributed by atoms with Crippen LogP contribution < -0.4 is 0 Å². The number of rotatable bonds is 2. The molecule has 0 N–H and O–H groups in total. The quantitative estimate of drug-likeness (QED) is 0.351. The molecule has 236 valence electrons. The second kappa shape index (κ2) is 8.97. The number of halogens is 4. The predicted octanol–water partition coefficient (Wildman–Crippen LogP) is 4.92. The van der Waals surface area contributed by atoms with E-state index >= 15 is 8.78 Å². The predicted molar refractivity (Wildman–Crippen MR) is 152 cm³/mol. The van der Waals surface area contributed by atoms with Crippen LogP contribution in [0.2, 0.25) is 0 Å². The van der Waals surface area contributed by atoms with E-state index in [4.69, 9.17) is 9.47 Å². The molecule has 4 saturated carbocycles. The van der Waals surface area contributed by atoms with Gasteiger partial charge in [-0.15, -0.1) is 0 Å². The monoisotopic (exact) mass is 622 g/mol. The lowest BCUT2D eigenvalue weighted by molar-refractivity contribution is -0.156. The Labute approximate surface area is 258 Å². The van der Waals surface area contributed by atoms with E-state index in [9.17, 15) is 18.4 Å². The van der Waals surface area contributed by atoms with Crippen molar-refractivity contribution in [3.8, 4) is 0 Å². The number of ether oxygens (including phenoxy) is 2. The number of nitrogens with zero attached hydrogens (tertiary/aromatic N) is 2. The van der Waals surface area contributed by atoms with E-state index in [1.165, 1.54) is 24.3 Å². The Morgan fingerprint density at radius 1 is 0.644 bits per heavy atom. The number of fused-ring (bicyclic) bond motifs is 2. The molecule has 7 bridgehead atoms. The lowest BCUT2D eigenvalue weighted by atomic mass is 9.59. The number of carbonyl (C=O) groups excluding carboxylic acids is 2. The van der Waals surface area contributed by atoms with Crippen molar-refractivity contribution < 1.29 is 36.6 Å². The van der Waals surface area contributed by atoms with Crippen LogP contribution in [0.25, 0.3) is 0 Å². The summed E-state index contributed by atoms with van der Waals surface area (Å²) in [6.07, 6.45) is 4.39. The fourth-order valence-corrected chi connectivity index (χ4v) is 13.0. The standard InChI is InChI=1S/C35H34F4N2O4/c1-40-15-33(17-3-7-21(36)23(38)13-17)25-9-5-19-29(33)31(40)44-27(42)11-12-28(43)45-32-30-20-6-10-26(35(19,20)25)34(30,16-41(32)2)18-4-8-22(37)24(39)14-18/h3-4,7-8,11-14,19-20,25-26,29-32H,5-6,9-10,15-16H2,1-2H3/b12-11-. The summed E-state index contributed by atoms with van der Waals surface area (Å²) in [5, 5.41) is 0. The third-order valence-electron chi connectivity index (χ3n) is 13.6. The topological polar surface area (TPSA) is 59.1 Å². The molecule has 10 heteroatoms. The molecule has 1 spiro atoms. The van der Waals surface area contributed by atoms with Crippen LogP contribution in [0, 0.1) is 64.2 Å². The number of carbonyl (C=O) groups is 2. The Hall–Kier alpha value is -3.24. The molecular formula is C35H34F4N2O4. The highest BCUT2D eigenvalue weighted by Gasteiger charge is 2.87. The first kappa shape index (κ1) is 28.0. The van der Waals surface area contributed by atoms with Gasteiger partial charge in [-0.1, -0.05) is 12.1 Å². The van der Waals surface area contributed by atoms with Gasteiger partial charge >= 0.3 is 11.9 Å². The Morgan fingerprint density at radius 3 is 1.47 bits per heavy atom. The van der Waals surface area contributed by atoms with Gasteiger partial charge in [0, 0.05) is 47.9 Å². The summed E-state index contributed by atoms with van der Waals surface area (Å²) in [5.41, 5.74) is -0.145. The van der Waals surface area contributed by atoms with E-state index in [1.807, 2.05) is 23.9 Å². The zero-order chi connectivity index (χ0) is 31.2. The molecule has 0 radical (unpaired) electrons. The zero-order valence-electron chi connectivity index (χ0n) is 25.0. The maximum absolute atomic E-state index is 15.0. The lowest BCUT2D eigenvalue weighted by Crippen LogP contribution is -2.47. The summed E-state index contributed by atoms with van der Waals surface area (Å²) in [5.74, 6) is -5.19. The normalized spacial score (nSPS) is 45.3. The molecular weight excluding hydrogens is 588 g/mol. The van der Waals surface area contributed by atoms with Crippen molar-refractivity contribution in [2.24, 2.45) is 40.9 Å². The highest BCUT2D eigenvalue weighted by Crippen LogP contribution is 2.86. The first-order valence-electron chi connectivity index (χ1n) is 16.0. The number of likely N-dealkylation sites (N-methyl/N-ethyl adjacent to an activating group) is 2. The Bertz CT molecular complexity index is 1580.